The number of carbonyl (C=O) groups is 2. The number of rotatable bonds is 6. The van der Waals surface area contributed by atoms with Crippen molar-refractivity contribution in [3.8, 4) is 11.5 Å². The van der Waals surface area contributed by atoms with Crippen molar-refractivity contribution in [1.29, 1.82) is 0 Å². The quantitative estimate of drug-likeness (QED) is 0.745. The lowest BCUT2D eigenvalue weighted by Gasteiger charge is -2.31. The zero-order chi connectivity index (χ0) is 19.9. The van der Waals surface area contributed by atoms with E-state index in [9.17, 15) is 14.7 Å². The normalized spacial score (nSPS) is 25.2. The zero-order valence-corrected chi connectivity index (χ0v) is 15.6. The van der Waals surface area contributed by atoms with Crippen LogP contribution < -0.4 is 10.5 Å². The molecule has 1 aliphatic heterocycles. The molecule has 0 amide bonds. The van der Waals surface area contributed by atoms with Gasteiger partial charge in [-0.1, -0.05) is 43.3 Å². The SMILES string of the molecule is CCC1C(C(=O)O)C1(CC1c2ccccc2Oc2ccccc21)OC(=O)CN. The van der Waals surface area contributed by atoms with Crippen LogP contribution in [0.2, 0.25) is 0 Å². The van der Waals surface area contributed by atoms with Gasteiger partial charge in [0.15, 0.2) is 0 Å². The van der Waals surface area contributed by atoms with Crippen LogP contribution in [0.25, 0.3) is 0 Å². The molecule has 0 aromatic heterocycles. The van der Waals surface area contributed by atoms with Crippen LogP contribution in [-0.4, -0.2) is 29.2 Å². The summed E-state index contributed by atoms with van der Waals surface area (Å²) in [5.41, 5.74) is 6.34. The topological polar surface area (TPSA) is 98.9 Å². The maximum atomic E-state index is 12.1. The second-order valence-corrected chi connectivity index (χ2v) is 7.40. The van der Waals surface area contributed by atoms with Crippen LogP contribution in [0.3, 0.4) is 0 Å². The fraction of sp³-hybridized carbons (Fsp3) is 0.364. The van der Waals surface area contributed by atoms with E-state index in [1.807, 2.05) is 55.5 Å². The molecule has 3 N–H and O–H groups in total. The number of nitrogens with two attached hydrogens (primary N) is 1. The number of benzene rings is 2. The molecule has 3 atom stereocenters. The number of carboxylic acid groups (broad SMARTS) is 1. The Labute approximate surface area is 163 Å². The lowest BCUT2D eigenvalue weighted by atomic mass is 9.82. The maximum absolute atomic E-state index is 12.1. The first-order valence-corrected chi connectivity index (χ1v) is 9.52. The van der Waals surface area contributed by atoms with Gasteiger partial charge in [0, 0.05) is 23.0 Å². The summed E-state index contributed by atoms with van der Waals surface area (Å²) in [6.45, 7) is 1.65. The van der Waals surface area contributed by atoms with Gasteiger partial charge in [0.1, 0.15) is 23.0 Å². The number of para-hydroxylation sites is 2. The van der Waals surface area contributed by atoms with Crippen molar-refractivity contribution < 1.29 is 24.2 Å². The average Bonchev–Trinajstić information content (AvgIpc) is 3.34. The van der Waals surface area contributed by atoms with Crippen molar-refractivity contribution in [2.75, 3.05) is 6.54 Å². The molecule has 28 heavy (non-hydrogen) atoms. The van der Waals surface area contributed by atoms with Gasteiger partial charge >= 0.3 is 11.9 Å². The van der Waals surface area contributed by atoms with E-state index in [4.69, 9.17) is 15.2 Å². The van der Waals surface area contributed by atoms with Gasteiger partial charge in [-0.25, -0.2) is 0 Å². The van der Waals surface area contributed by atoms with Gasteiger partial charge in [0.2, 0.25) is 0 Å². The van der Waals surface area contributed by atoms with Crippen molar-refractivity contribution in [2.24, 2.45) is 17.6 Å². The Balaban J connectivity index is 1.78. The van der Waals surface area contributed by atoms with E-state index < -0.39 is 23.5 Å². The van der Waals surface area contributed by atoms with Crippen LogP contribution >= 0.6 is 0 Å². The van der Waals surface area contributed by atoms with Gasteiger partial charge < -0.3 is 20.3 Å². The van der Waals surface area contributed by atoms with Gasteiger partial charge in [0.05, 0.1) is 6.54 Å². The Morgan fingerprint density at radius 2 is 1.68 bits per heavy atom. The molecule has 1 fully saturated rings. The summed E-state index contributed by atoms with van der Waals surface area (Å²) in [4.78, 5) is 24.0. The Kier molecular flexibility index (Phi) is 4.59. The van der Waals surface area contributed by atoms with Crippen molar-refractivity contribution >= 4 is 11.9 Å². The van der Waals surface area contributed by atoms with E-state index in [2.05, 4.69) is 0 Å². The van der Waals surface area contributed by atoms with E-state index in [1.54, 1.807) is 0 Å². The summed E-state index contributed by atoms with van der Waals surface area (Å²) in [6, 6.07) is 15.4. The van der Waals surface area contributed by atoms with Crippen molar-refractivity contribution in [1.82, 2.24) is 0 Å². The van der Waals surface area contributed by atoms with Crippen LogP contribution in [0.1, 0.15) is 36.8 Å². The maximum Gasteiger partial charge on any atom is 0.320 e. The number of hydrogen-bond donors (Lipinski definition) is 2. The van der Waals surface area contributed by atoms with Crippen molar-refractivity contribution in [3.63, 3.8) is 0 Å². The highest BCUT2D eigenvalue weighted by molar-refractivity contribution is 5.80. The second kappa shape index (κ2) is 6.95. The third kappa shape index (κ3) is 2.85. The molecule has 2 aromatic rings. The Hall–Kier alpha value is -2.86. The van der Waals surface area contributed by atoms with Crippen molar-refractivity contribution in [2.45, 2.75) is 31.3 Å². The van der Waals surface area contributed by atoms with E-state index in [-0.39, 0.29) is 18.4 Å². The third-order valence-electron chi connectivity index (χ3n) is 5.96. The molecule has 1 heterocycles. The van der Waals surface area contributed by atoms with Crippen LogP contribution in [-0.2, 0) is 14.3 Å². The lowest BCUT2D eigenvalue weighted by molar-refractivity contribution is -0.154. The highest BCUT2D eigenvalue weighted by atomic mass is 16.6. The molecule has 0 radical (unpaired) electrons. The highest BCUT2D eigenvalue weighted by Crippen LogP contribution is 2.62. The van der Waals surface area contributed by atoms with Gasteiger partial charge in [-0.15, -0.1) is 0 Å². The zero-order valence-electron chi connectivity index (χ0n) is 15.6. The minimum atomic E-state index is -1.06. The van der Waals surface area contributed by atoms with Crippen LogP contribution in [0, 0.1) is 11.8 Å². The number of carboxylic acids is 1. The molecule has 6 heteroatoms. The van der Waals surface area contributed by atoms with Crippen LogP contribution in [0.5, 0.6) is 11.5 Å². The number of carbonyl (C=O) groups excluding carboxylic acids is 1. The van der Waals surface area contributed by atoms with Gasteiger partial charge in [-0.05, 0) is 25.0 Å². The summed E-state index contributed by atoms with van der Waals surface area (Å²) in [6.07, 6.45) is 0.993. The molecular weight excluding hydrogens is 358 g/mol. The summed E-state index contributed by atoms with van der Waals surface area (Å²) in [5.74, 6) is -1.12. The lowest BCUT2D eigenvalue weighted by Crippen LogP contribution is -2.32. The second-order valence-electron chi connectivity index (χ2n) is 7.40. The smallest absolute Gasteiger partial charge is 0.320 e. The molecule has 6 nitrogen and oxygen atoms in total. The Morgan fingerprint density at radius 1 is 1.11 bits per heavy atom. The molecule has 2 aromatic carbocycles. The van der Waals surface area contributed by atoms with Gasteiger partial charge in [0.25, 0.3) is 0 Å². The molecule has 4 rings (SSSR count). The molecule has 3 unspecified atom stereocenters. The summed E-state index contributed by atoms with van der Waals surface area (Å²) in [7, 11) is 0. The Morgan fingerprint density at radius 3 is 2.14 bits per heavy atom. The average molecular weight is 381 g/mol. The van der Waals surface area contributed by atoms with E-state index in [1.165, 1.54) is 0 Å². The molecule has 0 bridgehead atoms. The molecule has 0 spiro atoms. The minimum Gasteiger partial charge on any atom is -0.481 e. The van der Waals surface area contributed by atoms with E-state index in [0.29, 0.717) is 12.8 Å². The first-order chi connectivity index (χ1) is 13.5. The van der Waals surface area contributed by atoms with Crippen LogP contribution in [0.4, 0.5) is 0 Å². The fourth-order valence-electron chi connectivity index (χ4n) is 4.72. The first kappa shape index (κ1) is 18.5. The predicted molar refractivity (Wildman–Crippen MR) is 102 cm³/mol. The Bertz CT molecular complexity index is 881. The number of esters is 1. The minimum absolute atomic E-state index is 0.134. The van der Waals surface area contributed by atoms with Crippen molar-refractivity contribution in [3.05, 3.63) is 59.7 Å². The number of fused-ring (bicyclic) bond motifs is 2. The summed E-state index contributed by atoms with van der Waals surface area (Å²) < 4.78 is 11.8. The summed E-state index contributed by atoms with van der Waals surface area (Å²) in [5, 5.41) is 9.75. The van der Waals surface area contributed by atoms with Crippen LogP contribution in [0.15, 0.2) is 48.5 Å². The number of ether oxygens (including phenoxy) is 2. The first-order valence-electron chi connectivity index (χ1n) is 9.52. The fourth-order valence-corrected chi connectivity index (χ4v) is 4.72. The largest absolute Gasteiger partial charge is 0.481 e. The number of aliphatic carboxylic acids is 1. The predicted octanol–water partition coefficient (Wildman–Crippen LogP) is 3.30. The molecular formula is C22H23NO5. The summed E-state index contributed by atoms with van der Waals surface area (Å²) >= 11 is 0. The number of hydrogen-bond acceptors (Lipinski definition) is 5. The third-order valence-corrected chi connectivity index (χ3v) is 5.96. The molecule has 1 saturated carbocycles. The van der Waals surface area contributed by atoms with E-state index in [0.717, 1.165) is 22.6 Å². The standard InChI is InChI=1S/C22H23NO5/c1-2-16-20(21(25)26)22(16,28-19(24)12-23)11-15-13-7-3-5-9-17(13)27-18-10-6-4-8-14(15)18/h3-10,15-16,20H,2,11-12,23H2,1H3,(H,25,26). The molecule has 1 aliphatic carbocycles. The molecule has 146 valence electrons. The molecule has 0 saturated heterocycles. The monoisotopic (exact) mass is 381 g/mol. The van der Waals surface area contributed by atoms with Gasteiger partial charge in [-0.2, -0.15) is 0 Å². The van der Waals surface area contributed by atoms with Gasteiger partial charge in [-0.3, -0.25) is 9.59 Å². The van der Waals surface area contributed by atoms with E-state index >= 15 is 0 Å². The highest BCUT2D eigenvalue weighted by Gasteiger charge is 2.71. The molecule has 2 aliphatic rings.